The number of rotatable bonds is 1. The molecule has 1 fully saturated rings. The number of aliphatic hydroxyl groups is 1. The first-order valence-corrected chi connectivity index (χ1v) is 5.18. The van der Waals surface area contributed by atoms with Gasteiger partial charge in [0.25, 0.3) is 0 Å². The lowest BCUT2D eigenvalue weighted by atomic mass is 9.86. The summed E-state index contributed by atoms with van der Waals surface area (Å²) in [5.74, 6) is 0. The van der Waals surface area contributed by atoms with Gasteiger partial charge in [-0.05, 0) is 31.9 Å². The van der Waals surface area contributed by atoms with Crippen LogP contribution in [0.25, 0.3) is 0 Å². The van der Waals surface area contributed by atoms with Gasteiger partial charge >= 0.3 is 0 Å². The average molecular weight is 191 g/mol. The summed E-state index contributed by atoms with van der Waals surface area (Å²) in [6, 6.07) is 10.6. The zero-order chi connectivity index (χ0) is 10.0. The van der Waals surface area contributed by atoms with Gasteiger partial charge in [0, 0.05) is 6.04 Å². The van der Waals surface area contributed by atoms with Crippen molar-refractivity contribution in [1.29, 1.82) is 0 Å². The van der Waals surface area contributed by atoms with E-state index in [2.05, 4.69) is 17.4 Å². The van der Waals surface area contributed by atoms with E-state index in [1.54, 1.807) is 0 Å². The van der Waals surface area contributed by atoms with E-state index in [1.165, 1.54) is 5.56 Å². The van der Waals surface area contributed by atoms with Crippen molar-refractivity contribution in [3.63, 3.8) is 0 Å². The highest BCUT2D eigenvalue weighted by atomic mass is 16.3. The normalized spacial score (nSPS) is 32.9. The number of piperidine rings is 1. The molecule has 2 heteroatoms. The lowest BCUT2D eigenvalue weighted by Gasteiger charge is -2.35. The van der Waals surface area contributed by atoms with Gasteiger partial charge in [0.1, 0.15) is 0 Å². The van der Waals surface area contributed by atoms with Crippen LogP contribution in [0.2, 0.25) is 0 Å². The molecule has 0 amide bonds. The maximum absolute atomic E-state index is 9.97. The molecule has 1 aromatic carbocycles. The largest absolute Gasteiger partial charge is 0.390 e. The van der Waals surface area contributed by atoms with Crippen LogP contribution >= 0.6 is 0 Å². The quantitative estimate of drug-likeness (QED) is 0.710. The van der Waals surface area contributed by atoms with E-state index in [0.717, 1.165) is 19.4 Å². The van der Waals surface area contributed by atoms with Gasteiger partial charge in [0.2, 0.25) is 0 Å². The van der Waals surface area contributed by atoms with Crippen molar-refractivity contribution in [3.8, 4) is 0 Å². The minimum absolute atomic E-state index is 0.306. The van der Waals surface area contributed by atoms with Gasteiger partial charge in [0.05, 0.1) is 5.60 Å². The van der Waals surface area contributed by atoms with Gasteiger partial charge < -0.3 is 10.4 Å². The fraction of sp³-hybridized carbons (Fsp3) is 0.500. The number of nitrogens with one attached hydrogen (secondary N) is 1. The molecule has 1 saturated heterocycles. The summed E-state index contributed by atoms with van der Waals surface area (Å²) in [5, 5.41) is 13.4. The van der Waals surface area contributed by atoms with Crippen molar-refractivity contribution in [2.45, 2.75) is 31.4 Å². The van der Waals surface area contributed by atoms with Crippen molar-refractivity contribution < 1.29 is 5.11 Å². The molecule has 0 aliphatic carbocycles. The van der Waals surface area contributed by atoms with E-state index in [0.29, 0.717) is 6.04 Å². The van der Waals surface area contributed by atoms with Crippen molar-refractivity contribution in [2.24, 2.45) is 0 Å². The van der Waals surface area contributed by atoms with Crippen LogP contribution in [0.1, 0.15) is 31.4 Å². The molecule has 2 rings (SSSR count). The fourth-order valence-corrected chi connectivity index (χ4v) is 2.05. The van der Waals surface area contributed by atoms with E-state index < -0.39 is 5.60 Å². The van der Waals surface area contributed by atoms with E-state index in [1.807, 2.05) is 25.1 Å². The van der Waals surface area contributed by atoms with Crippen LogP contribution in [0.4, 0.5) is 0 Å². The van der Waals surface area contributed by atoms with Gasteiger partial charge in [-0.25, -0.2) is 0 Å². The second-order valence-electron chi connectivity index (χ2n) is 4.37. The van der Waals surface area contributed by atoms with Gasteiger partial charge in [-0.2, -0.15) is 0 Å². The Balaban J connectivity index is 2.12. The Morgan fingerprint density at radius 3 is 2.71 bits per heavy atom. The molecule has 2 atom stereocenters. The standard InChI is InChI=1S/C12H17NO/c1-12(14)7-8-13-11(9-12)10-5-3-2-4-6-10/h2-6,11,13-14H,7-9H2,1H3/t11-,12+/m0/s1. The fourth-order valence-electron chi connectivity index (χ4n) is 2.05. The molecular weight excluding hydrogens is 174 g/mol. The van der Waals surface area contributed by atoms with Crippen molar-refractivity contribution >= 4 is 0 Å². The summed E-state index contributed by atoms with van der Waals surface area (Å²) in [6.07, 6.45) is 1.65. The van der Waals surface area contributed by atoms with Gasteiger partial charge in [-0.1, -0.05) is 30.3 Å². The summed E-state index contributed by atoms with van der Waals surface area (Å²) >= 11 is 0. The third-order valence-electron chi connectivity index (χ3n) is 2.90. The first-order valence-electron chi connectivity index (χ1n) is 5.18. The Morgan fingerprint density at radius 2 is 2.07 bits per heavy atom. The third kappa shape index (κ3) is 2.14. The van der Waals surface area contributed by atoms with Crippen LogP contribution in [0.5, 0.6) is 0 Å². The zero-order valence-electron chi connectivity index (χ0n) is 8.53. The Labute approximate surface area is 85.0 Å². The number of benzene rings is 1. The lowest BCUT2D eigenvalue weighted by molar-refractivity contribution is 0.0132. The predicted molar refractivity (Wildman–Crippen MR) is 57.0 cm³/mol. The molecule has 76 valence electrons. The maximum Gasteiger partial charge on any atom is 0.0650 e. The first-order chi connectivity index (χ1) is 6.67. The molecule has 0 saturated carbocycles. The van der Waals surface area contributed by atoms with Gasteiger partial charge in [0.15, 0.2) is 0 Å². The Hall–Kier alpha value is -0.860. The van der Waals surface area contributed by atoms with Crippen LogP contribution in [-0.2, 0) is 0 Å². The molecule has 14 heavy (non-hydrogen) atoms. The summed E-state index contributed by atoms with van der Waals surface area (Å²) in [6.45, 7) is 2.82. The molecule has 2 nitrogen and oxygen atoms in total. The Kier molecular flexibility index (Phi) is 2.57. The summed E-state index contributed by atoms with van der Waals surface area (Å²) in [7, 11) is 0. The second kappa shape index (κ2) is 3.71. The highest BCUT2D eigenvalue weighted by Gasteiger charge is 2.29. The molecule has 0 spiro atoms. The van der Waals surface area contributed by atoms with Crippen molar-refractivity contribution in [3.05, 3.63) is 35.9 Å². The van der Waals surface area contributed by atoms with E-state index >= 15 is 0 Å². The lowest BCUT2D eigenvalue weighted by Crippen LogP contribution is -2.41. The highest BCUT2D eigenvalue weighted by Crippen LogP contribution is 2.29. The monoisotopic (exact) mass is 191 g/mol. The Morgan fingerprint density at radius 1 is 1.36 bits per heavy atom. The van der Waals surface area contributed by atoms with E-state index in [9.17, 15) is 5.11 Å². The molecule has 1 aliphatic rings. The molecule has 1 aliphatic heterocycles. The molecule has 1 heterocycles. The maximum atomic E-state index is 9.97. The molecule has 0 bridgehead atoms. The van der Waals surface area contributed by atoms with Crippen LogP contribution in [0, 0.1) is 0 Å². The average Bonchev–Trinajstić information content (AvgIpc) is 2.18. The second-order valence-corrected chi connectivity index (χ2v) is 4.37. The summed E-state index contributed by atoms with van der Waals surface area (Å²) in [4.78, 5) is 0. The van der Waals surface area contributed by atoms with Crippen molar-refractivity contribution in [1.82, 2.24) is 5.32 Å². The van der Waals surface area contributed by atoms with Crippen molar-refractivity contribution in [2.75, 3.05) is 6.54 Å². The predicted octanol–water partition coefficient (Wildman–Crippen LogP) is 1.86. The van der Waals surface area contributed by atoms with Crippen LogP contribution in [-0.4, -0.2) is 17.3 Å². The third-order valence-corrected chi connectivity index (χ3v) is 2.90. The van der Waals surface area contributed by atoms with Crippen LogP contribution < -0.4 is 5.32 Å². The van der Waals surface area contributed by atoms with Gasteiger partial charge in [-0.15, -0.1) is 0 Å². The van der Waals surface area contributed by atoms with Crippen LogP contribution in [0.15, 0.2) is 30.3 Å². The number of hydrogen-bond donors (Lipinski definition) is 2. The molecule has 1 aromatic rings. The molecule has 0 aromatic heterocycles. The van der Waals surface area contributed by atoms with E-state index in [4.69, 9.17) is 0 Å². The topological polar surface area (TPSA) is 32.3 Å². The van der Waals surface area contributed by atoms with E-state index in [-0.39, 0.29) is 0 Å². The van der Waals surface area contributed by atoms with Gasteiger partial charge in [-0.3, -0.25) is 0 Å². The number of hydrogen-bond acceptors (Lipinski definition) is 2. The zero-order valence-corrected chi connectivity index (χ0v) is 8.53. The molecule has 0 radical (unpaired) electrons. The molecular formula is C12H17NO. The first kappa shape index (κ1) is 9.69. The summed E-state index contributed by atoms with van der Waals surface area (Å²) in [5.41, 5.74) is 0.763. The highest BCUT2D eigenvalue weighted by molar-refractivity contribution is 5.20. The molecule has 0 unspecified atom stereocenters. The SMILES string of the molecule is C[C@@]1(O)CCN[C@H](c2ccccc2)C1. The Bertz CT molecular complexity index is 294. The van der Waals surface area contributed by atoms with Crippen LogP contribution in [0.3, 0.4) is 0 Å². The minimum atomic E-state index is -0.508. The summed E-state index contributed by atoms with van der Waals surface area (Å²) < 4.78 is 0. The smallest absolute Gasteiger partial charge is 0.0650 e. The molecule has 2 N–H and O–H groups in total. The minimum Gasteiger partial charge on any atom is -0.390 e.